The topological polar surface area (TPSA) is 52.0 Å². The summed E-state index contributed by atoms with van der Waals surface area (Å²) in [6.07, 6.45) is 0. The molecule has 0 unspecified atom stereocenters. The van der Waals surface area contributed by atoms with Crippen molar-refractivity contribution in [1.82, 2.24) is 9.55 Å². The van der Waals surface area contributed by atoms with E-state index in [9.17, 15) is 14.0 Å². The fourth-order valence-electron chi connectivity index (χ4n) is 3.30. The second-order valence-electron chi connectivity index (χ2n) is 7.11. The lowest BCUT2D eigenvalue weighted by Gasteiger charge is -2.10. The summed E-state index contributed by atoms with van der Waals surface area (Å²) >= 11 is 1.37. The molecule has 0 amide bonds. The molecule has 29 heavy (non-hydrogen) atoms. The predicted molar refractivity (Wildman–Crippen MR) is 114 cm³/mol. The zero-order valence-electron chi connectivity index (χ0n) is 16.3. The highest BCUT2D eigenvalue weighted by Gasteiger charge is 2.18. The zero-order chi connectivity index (χ0) is 20.7. The van der Waals surface area contributed by atoms with Gasteiger partial charge in [-0.15, -0.1) is 11.3 Å². The molecule has 146 valence electrons. The normalized spacial score (nSPS) is 11.2. The standard InChI is InChI=1S/C23H19FN2O2S/c1-13-4-5-17(10-14(13)2)20(27)11-26-15(3)25-22-21(23(26)28)19(12-29-22)16-6-8-18(24)9-7-16/h4-10,12H,11H2,1-3H3. The highest BCUT2D eigenvalue weighted by Crippen LogP contribution is 2.31. The van der Waals surface area contributed by atoms with Crippen molar-refractivity contribution in [3.8, 4) is 11.1 Å². The van der Waals surface area contributed by atoms with E-state index >= 15 is 0 Å². The molecule has 4 aromatic rings. The van der Waals surface area contributed by atoms with Crippen LogP contribution >= 0.6 is 11.3 Å². The number of aryl methyl sites for hydroxylation is 3. The number of nitrogens with zero attached hydrogens (tertiary/aromatic N) is 2. The minimum Gasteiger partial charge on any atom is -0.292 e. The molecule has 0 radical (unpaired) electrons. The van der Waals surface area contributed by atoms with Crippen LogP contribution in [0, 0.1) is 26.6 Å². The molecule has 2 heterocycles. The summed E-state index contributed by atoms with van der Waals surface area (Å²) < 4.78 is 14.7. The first kappa shape index (κ1) is 19.2. The van der Waals surface area contributed by atoms with E-state index in [4.69, 9.17) is 0 Å². The van der Waals surface area contributed by atoms with Crippen LogP contribution in [0.5, 0.6) is 0 Å². The van der Waals surface area contributed by atoms with Gasteiger partial charge in [0, 0.05) is 16.5 Å². The highest BCUT2D eigenvalue weighted by atomic mass is 32.1. The molecule has 6 heteroatoms. The van der Waals surface area contributed by atoms with Crippen molar-refractivity contribution in [3.05, 3.63) is 86.5 Å². The quantitative estimate of drug-likeness (QED) is 0.445. The first-order valence-corrected chi connectivity index (χ1v) is 10.1. The van der Waals surface area contributed by atoms with Gasteiger partial charge in [-0.3, -0.25) is 14.2 Å². The van der Waals surface area contributed by atoms with Crippen LogP contribution in [-0.2, 0) is 6.54 Å². The maximum Gasteiger partial charge on any atom is 0.263 e. The lowest BCUT2D eigenvalue weighted by molar-refractivity contribution is 0.0969. The van der Waals surface area contributed by atoms with E-state index in [0.717, 1.165) is 16.7 Å². The molecule has 4 rings (SSSR count). The minimum atomic E-state index is -0.335. The first-order chi connectivity index (χ1) is 13.8. The van der Waals surface area contributed by atoms with E-state index in [-0.39, 0.29) is 23.7 Å². The van der Waals surface area contributed by atoms with Gasteiger partial charge in [-0.1, -0.05) is 24.3 Å². The van der Waals surface area contributed by atoms with Crippen molar-refractivity contribution >= 4 is 27.3 Å². The Kier molecular flexibility index (Phi) is 4.88. The van der Waals surface area contributed by atoms with E-state index < -0.39 is 0 Å². The third-order valence-corrected chi connectivity index (χ3v) is 6.04. The molecule has 0 saturated carbocycles. The Morgan fingerprint density at radius 2 is 1.79 bits per heavy atom. The summed E-state index contributed by atoms with van der Waals surface area (Å²) in [5.74, 6) is 0.0175. The van der Waals surface area contributed by atoms with Gasteiger partial charge in [-0.05, 0) is 55.7 Å². The Morgan fingerprint density at radius 1 is 1.07 bits per heavy atom. The number of rotatable bonds is 4. The van der Waals surface area contributed by atoms with Crippen LogP contribution in [0.4, 0.5) is 4.39 Å². The van der Waals surface area contributed by atoms with Gasteiger partial charge >= 0.3 is 0 Å². The average molecular weight is 406 g/mol. The van der Waals surface area contributed by atoms with Crippen LogP contribution in [0.25, 0.3) is 21.3 Å². The first-order valence-electron chi connectivity index (χ1n) is 9.20. The zero-order valence-corrected chi connectivity index (χ0v) is 17.1. The fourth-order valence-corrected chi connectivity index (χ4v) is 4.29. The lowest BCUT2D eigenvalue weighted by atomic mass is 10.0. The maximum absolute atomic E-state index is 13.3. The van der Waals surface area contributed by atoms with E-state index in [1.807, 2.05) is 31.4 Å². The smallest absolute Gasteiger partial charge is 0.263 e. The molecular formula is C23H19FN2O2S. The average Bonchev–Trinajstić information content (AvgIpc) is 3.11. The summed E-state index contributed by atoms with van der Waals surface area (Å²) in [6.45, 7) is 5.60. The van der Waals surface area contributed by atoms with Gasteiger partial charge < -0.3 is 0 Å². The third kappa shape index (κ3) is 3.51. The van der Waals surface area contributed by atoms with Crippen molar-refractivity contribution in [2.24, 2.45) is 0 Å². The van der Waals surface area contributed by atoms with Gasteiger partial charge in [0.05, 0.1) is 11.9 Å². The number of carbonyl (C=O) groups is 1. The Balaban J connectivity index is 1.79. The summed E-state index contributed by atoms with van der Waals surface area (Å²) in [7, 11) is 0. The maximum atomic E-state index is 13.3. The lowest BCUT2D eigenvalue weighted by Crippen LogP contribution is -2.27. The Labute approximate surface area is 171 Å². The van der Waals surface area contributed by atoms with Crippen molar-refractivity contribution in [3.63, 3.8) is 0 Å². The molecule has 0 bridgehead atoms. The number of fused-ring (bicyclic) bond motifs is 1. The van der Waals surface area contributed by atoms with Gasteiger partial charge in [0.25, 0.3) is 5.56 Å². The van der Waals surface area contributed by atoms with E-state index in [1.165, 1.54) is 28.0 Å². The molecule has 0 aliphatic carbocycles. The number of hydrogen-bond acceptors (Lipinski definition) is 4. The summed E-state index contributed by atoms with van der Waals surface area (Å²) in [6, 6.07) is 11.5. The van der Waals surface area contributed by atoms with Crippen LogP contribution < -0.4 is 5.56 Å². The molecule has 4 nitrogen and oxygen atoms in total. The molecule has 0 aliphatic rings. The van der Waals surface area contributed by atoms with E-state index in [0.29, 0.717) is 27.2 Å². The predicted octanol–water partition coefficient (Wildman–Crippen LogP) is 5.07. The molecule has 0 spiro atoms. The number of benzene rings is 2. The molecule has 0 aliphatic heterocycles. The summed E-state index contributed by atoms with van der Waals surface area (Å²) in [5, 5.41) is 2.31. The minimum absolute atomic E-state index is 0.0746. The second kappa shape index (κ2) is 7.37. The largest absolute Gasteiger partial charge is 0.292 e. The molecule has 0 fully saturated rings. The summed E-state index contributed by atoms with van der Waals surface area (Å²) in [4.78, 5) is 31.2. The fraction of sp³-hybridized carbons (Fsp3) is 0.174. The van der Waals surface area contributed by atoms with E-state index in [1.54, 1.807) is 25.1 Å². The van der Waals surface area contributed by atoms with Crippen molar-refractivity contribution in [2.75, 3.05) is 0 Å². The number of halogens is 1. The highest BCUT2D eigenvalue weighted by molar-refractivity contribution is 7.17. The molecule has 0 atom stereocenters. The number of aromatic nitrogens is 2. The number of hydrogen-bond donors (Lipinski definition) is 0. The Hall–Kier alpha value is -3.12. The number of carbonyl (C=O) groups excluding carboxylic acids is 1. The van der Waals surface area contributed by atoms with Gasteiger partial charge in [0.15, 0.2) is 5.78 Å². The molecule has 2 aromatic carbocycles. The van der Waals surface area contributed by atoms with E-state index in [2.05, 4.69) is 4.98 Å². The van der Waals surface area contributed by atoms with Crippen LogP contribution in [0.1, 0.15) is 27.3 Å². The van der Waals surface area contributed by atoms with Crippen LogP contribution in [0.3, 0.4) is 0 Å². The third-order valence-electron chi connectivity index (χ3n) is 5.17. The molecule has 0 N–H and O–H groups in total. The molecule has 2 aromatic heterocycles. The number of thiophene rings is 1. The van der Waals surface area contributed by atoms with Crippen LogP contribution in [-0.4, -0.2) is 15.3 Å². The van der Waals surface area contributed by atoms with Crippen molar-refractivity contribution in [2.45, 2.75) is 27.3 Å². The summed E-state index contributed by atoms with van der Waals surface area (Å²) in [5.41, 5.74) is 3.90. The van der Waals surface area contributed by atoms with Gasteiger partial charge in [0.2, 0.25) is 0 Å². The van der Waals surface area contributed by atoms with Crippen molar-refractivity contribution < 1.29 is 9.18 Å². The van der Waals surface area contributed by atoms with Crippen molar-refractivity contribution in [1.29, 1.82) is 0 Å². The monoisotopic (exact) mass is 406 g/mol. The van der Waals surface area contributed by atoms with Gasteiger partial charge in [-0.2, -0.15) is 0 Å². The second-order valence-corrected chi connectivity index (χ2v) is 7.97. The van der Waals surface area contributed by atoms with Crippen LogP contribution in [0.15, 0.2) is 52.6 Å². The SMILES string of the molecule is Cc1ccc(C(=O)Cn2c(C)nc3scc(-c4ccc(F)cc4)c3c2=O)cc1C. The molecular weight excluding hydrogens is 387 g/mol. The number of Topliss-reactive ketones (excluding diaryl/α,β-unsaturated/α-hetero) is 1. The van der Waals surface area contributed by atoms with Gasteiger partial charge in [0.1, 0.15) is 16.5 Å². The molecule has 0 saturated heterocycles. The Morgan fingerprint density at radius 3 is 2.48 bits per heavy atom. The van der Waals surface area contributed by atoms with Crippen LogP contribution in [0.2, 0.25) is 0 Å². The number of ketones is 1. The van der Waals surface area contributed by atoms with Gasteiger partial charge in [-0.25, -0.2) is 9.37 Å². The Bertz CT molecular complexity index is 1300.